The van der Waals surface area contributed by atoms with Gasteiger partial charge in [-0.3, -0.25) is 4.79 Å². The van der Waals surface area contributed by atoms with Crippen molar-refractivity contribution in [1.82, 2.24) is 4.90 Å². The highest BCUT2D eigenvalue weighted by Gasteiger charge is 2.56. The van der Waals surface area contributed by atoms with E-state index >= 15 is 0 Å². The third kappa shape index (κ3) is 3.66. The van der Waals surface area contributed by atoms with Crippen LogP contribution in [0.15, 0.2) is 30.3 Å². The molecule has 1 aliphatic carbocycles. The van der Waals surface area contributed by atoms with Crippen LogP contribution in [0, 0.1) is 31.6 Å². The van der Waals surface area contributed by atoms with E-state index in [4.69, 9.17) is 0 Å². The number of carboxylic acids is 1. The van der Waals surface area contributed by atoms with Crippen LogP contribution in [0.2, 0.25) is 0 Å². The van der Waals surface area contributed by atoms with Crippen LogP contribution in [0.5, 0.6) is 0 Å². The molecule has 0 unspecified atom stereocenters. The first kappa shape index (κ1) is 18.0. The zero-order valence-electron chi connectivity index (χ0n) is 15.3. The Hall–Kier alpha value is -1.43. The number of hydrogen-bond donors (Lipinski definition) is 1. The summed E-state index contributed by atoms with van der Waals surface area (Å²) in [5.74, 6) is 0.169. The summed E-state index contributed by atoms with van der Waals surface area (Å²) in [4.78, 5) is 19.1. The number of thiophene rings is 2. The fourth-order valence-corrected chi connectivity index (χ4v) is 6.16. The molecular formula is C21H25NO2S2. The quantitative estimate of drug-likeness (QED) is 0.766. The van der Waals surface area contributed by atoms with Gasteiger partial charge in [0.15, 0.2) is 0 Å². The Bertz CT molecular complexity index is 792. The lowest BCUT2D eigenvalue weighted by atomic mass is 10.1. The van der Waals surface area contributed by atoms with Gasteiger partial charge >= 0.3 is 5.97 Å². The Balaban J connectivity index is 1.42. The molecule has 2 aliphatic rings. The minimum atomic E-state index is -0.592. The van der Waals surface area contributed by atoms with E-state index in [0.717, 1.165) is 32.5 Å². The number of hydrogen-bond acceptors (Lipinski definition) is 4. The summed E-state index contributed by atoms with van der Waals surface area (Å²) in [5, 5.41) is 9.25. The molecule has 3 nitrogen and oxygen atoms in total. The molecule has 5 heteroatoms. The van der Waals surface area contributed by atoms with E-state index in [0.29, 0.717) is 11.8 Å². The van der Waals surface area contributed by atoms with Gasteiger partial charge in [0.1, 0.15) is 0 Å². The lowest BCUT2D eigenvalue weighted by Crippen LogP contribution is -2.32. The van der Waals surface area contributed by atoms with Gasteiger partial charge in [-0.2, -0.15) is 0 Å². The summed E-state index contributed by atoms with van der Waals surface area (Å²) in [6, 6.07) is 8.85. The minimum absolute atomic E-state index is 0.0747. The van der Waals surface area contributed by atoms with Crippen LogP contribution in [0.4, 0.5) is 0 Å². The number of piperidine rings is 1. The van der Waals surface area contributed by atoms with Crippen LogP contribution < -0.4 is 0 Å². The highest BCUT2D eigenvalue weighted by Crippen LogP contribution is 2.51. The van der Waals surface area contributed by atoms with E-state index in [-0.39, 0.29) is 5.92 Å². The van der Waals surface area contributed by atoms with E-state index in [2.05, 4.69) is 49.1 Å². The molecule has 0 aromatic carbocycles. The van der Waals surface area contributed by atoms with E-state index < -0.39 is 5.97 Å². The van der Waals surface area contributed by atoms with Crippen molar-refractivity contribution in [3.63, 3.8) is 0 Å². The van der Waals surface area contributed by atoms with Crippen molar-refractivity contribution in [2.75, 3.05) is 19.6 Å². The van der Waals surface area contributed by atoms with Crippen molar-refractivity contribution in [1.29, 1.82) is 0 Å². The van der Waals surface area contributed by atoms with E-state index in [9.17, 15) is 9.90 Å². The molecule has 26 heavy (non-hydrogen) atoms. The predicted molar refractivity (Wildman–Crippen MR) is 109 cm³/mol. The van der Waals surface area contributed by atoms with Gasteiger partial charge in [-0.05, 0) is 69.3 Å². The maximum Gasteiger partial charge on any atom is 0.307 e. The average molecular weight is 388 g/mol. The molecule has 2 fully saturated rings. The first-order valence-corrected chi connectivity index (χ1v) is 10.9. The summed E-state index contributed by atoms with van der Waals surface area (Å²) in [6.45, 7) is 7.34. The molecule has 0 amide bonds. The SMILES string of the molecule is Cc1ccc(C(=CCCN2CC[C@@H]3[C@H](C2)[C@@H]3C(=O)O)c2ccc(C)s2)s1. The van der Waals surface area contributed by atoms with Gasteiger partial charge < -0.3 is 10.0 Å². The molecule has 2 aromatic heterocycles. The molecule has 4 rings (SSSR count). The van der Waals surface area contributed by atoms with Crippen molar-refractivity contribution in [2.24, 2.45) is 17.8 Å². The highest BCUT2D eigenvalue weighted by atomic mass is 32.1. The number of carbonyl (C=O) groups is 1. The Labute approximate surface area is 163 Å². The summed E-state index contributed by atoms with van der Waals surface area (Å²) in [6.07, 6.45) is 4.44. The van der Waals surface area contributed by atoms with Crippen LogP contribution >= 0.6 is 22.7 Å². The monoisotopic (exact) mass is 387 g/mol. The molecular weight excluding hydrogens is 362 g/mol. The fourth-order valence-electron chi connectivity index (χ4n) is 4.25. The molecule has 3 heterocycles. The number of carboxylic acid groups (broad SMARTS) is 1. The fraction of sp³-hybridized carbons (Fsp3) is 0.476. The summed E-state index contributed by atoms with van der Waals surface area (Å²) < 4.78 is 0. The largest absolute Gasteiger partial charge is 0.481 e. The molecule has 3 atom stereocenters. The minimum Gasteiger partial charge on any atom is -0.481 e. The second kappa shape index (κ2) is 7.29. The van der Waals surface area contributed by atoms with Crippen LogP contribution in [0.1, 0.15) is 32.4 Å². The maximum absolute atomic E-state index is 11.2. The summed E-state index contributed by atoms with van der Waals surface area (Å²) >= 11 is 3.71. The third-order valence-electron chi connectivity index (χ3n) is 5.67. The molecule has 2 aromatic rings. The lowest BCUT2D eigenvalue weighted by molar-refractivity contribution is -0.139. The normalized spacial score (nSPS) is 24.9. The van der Waals surface area contributed by atoms with Gasteiger partial charge in [0.25, 0.3) is 0 Å². The Kier molecular flexibility index (Phi) is 5.04. The maximum atomic E-state index is 11.2. The van der Waals surface area contributed by atoms with Crippen LogP contribution in [0.25, 0.3) is 5.57 Å². The Morgan fingerprint density at radius 3 is 2.35 bits per heavy atom. The second-order valence-electron chi connectivity index (χ2n) is 7.51. The number of likely N-dealkylation sites (tertiary alicyclic amines) is 1. The van der Waals surface area contributed by atoms with E-state index in [1.165, 1.54) is 25.1 Å². The van der Waals surface area contributed by atoms with Crippen molar-refractivity contribution in [3.05, 3.63) is 49.9 Å². The number of fused-ring (bicyclic) bond motifs is 1. The number of rotatable bonds is 6. The highest BCUT2D eigenvalue weighted by molar-refractivity contribution is 7.15. The lowest BCUT2D eigenvalue weighted by Gasteiger charge is -2.25. The van der Waals surface area contributed by atoms with Crippen molar-refractivity contribution >= 4 is 34.2 Å². The second-order valence-corrected chi connectivity index (χ2v) is 10.1. The molecule has 0 bridgehead atoms. The van der Waals surface area contributed by atoms with Crippen LogP contribution in [-0.4, -0.2) is 35.6 Å². The molecule has 1 aliphatic heterocycles. The molecule has 1 N–H and O–H groups in total. The zero-order chi connectivity index (χ0) is 18.3. The van der Waals surface area contributed by atoms with Crippen LogP contribution in [0.3, 0.4) is 0 Å². The van der Waals surface area contributed by atoms with Crippen molar-refractivity contribution in [2.45, 2.75) is 26.7 Å². The zero-order valence-corrected chi connectivity index (χ0v) is 16.9. The summed E-state index contributed by atoms with van der Waals surface area (Å²) in [5.41, 5.74) is 1.35. The van der Waals surface area contributed by atoms with Gasteiger partial charge in [0.05, 0.1) is 5.92 Å². The van der Waals surface area contributed by atoms with Gasteiger partial charge in [-0.15, -0.1) is 22.7 Å². The van der Waals surface area contributed by atoms with Gasteiger partial charge in [-0.25, -0.2) is 0 Å². The van der Waals surface area contributed by atoms with Gasteiger partial charge in [0.2, 0.25) is 0 Å². The molecule has 1 saturated heterocycles. The summed E-state index contributed by atoms with van der Waals surface area (Å²) in [7, 11) is 0. The molecule has 138 valence electrons. The molecule has 0 radical (unpaired) electrons. The third-order valence-corrected chi connectivity index (χ3v) is 7.74. The number of aliphatic carboxylic acids is 1. The smallest absolute Gasteiger partial charge is 0.307 e. The number of aryl methyl sites for hydroxylation is 2. The van der Waals surface area contributed by atoms with Crippen LogP contribution in [-0.2, 0) is 4.79 Å². The van der Waals surface area contributed by atoms with Crippen molar-refractivity contribution < 1.29 is 9.90 Å². The first-order chi connectivity index (χ1) is 12.5. The topological polar surface area (TPSA) is 40.5 Å². The average Bonchev–Trinajstić information content (AvgIpc) is 2.89. The van der Waals surface area contributed by atoms with E-state index in [1.54, 1.807) is 0 Å². The number of nitrogens with zero attached hydrogens (tertiary/aromatic N) is 1. The van der Waals surface area contributed by atoms with Gasteiger partial charge in [0, 0.05) is 38.2 Å². The van der Waals surface area contributed by atoms with Gasteiger partial charge in [-0.1, -0.05) is 6.08 Å². The standard InChI is InChI=1S/C21H25NO2S2/c1-13-5-7-18(25-13)16(19-8-6-14(2)26-19)4-3-10-22-11-9-15-17(12-22)20(15)21(23)24/h4-8,15,17,20H,3,9-12H2,1-2H3,(H,23,24)/t15-,17+,20-/m1/s1. The Morgan fingerprint density at radius 1 is 1.15 bits per heavy atom. The van der Waals surface area contributed by atoms with E-state index in [1.807, 2.05) is 22.7 Å². The first-order valence-electron chi connectivity index (χ1n) is 9.32. The predicted octanol–water partition coefficient (Wildman–Crippen LogP) is 4.90. The Morgan fingerprint density at radius 2 is 1.81 bits per heavy atom. The molecule has 1 saturated carbocycles. The molecule has 0 spiro atoms. The van der Waals surface area contributed by atoms with Crippen molar-refractivity contribution in [3.8, 4) is 0 Å².